The molecule has 0 saturated carbocycles. The molecule has 0 fully saturated rings. The standard InChI is InChI=1S/C16H28N2O3/c1-6-16(7-2,8-3)17-14(19)12-18(13(4)5)11-9-10-15(20)21/h1,13H,7-12H2,2-5H3,(H,17,19)(H,20,21). The summed E-state index contributed by atoms with van der Waals surface area (Å²) in [4.78, 5) is 24.7. The van der Waals surface area contributed by atoms with Crippen molar-refractivity contribution in [1.82, 2.24) is 10.2 Å². The van der Waals surface area contributed by atoms with Gasteiger partial charge in [-0.2, -0.15) is 0 Å². The fourth-order valence-electron chi connectivity index (χ4n) is 2.11. The van der Waals surface area contributed by atoms with Crippen LogP contribution in [-0.2, 0) is 9.59 Å². The summed E-state index contributed by atoms with van der Waals surface area (Å²) < 4.78 is 0. The number of nitrogens with zero attached hydrogens (tertiary/aromatic N) is 1. The molecule has 5 nitrogen and oxygen atoms in total. The molecule has 0 bridgehead atoms. The van der Waals surface area contributed by atoms with E-state index in [1.54, 1.807) is 0 Å². The number of carbonyl (C=O) groups excluding carboxylic acids is 1. The Bertz CT molecular complexity index is 381. The molecule has 0 radical (unpaired) electrons. The van der Waals surface area contributed by atoms with Crippen molar-refractivity contribution in [2.24, 2.45) is 0 Å². The van der Waals surface area contributed by atoms with Gasteiger partial charge in [0.25, 0.3) is 0 Å². The minimum atomic E-state index is -0.813. The quantitative estimate of drug-likeness (QED) is 0.604. The van der Waals surface area contributed by atoms with E-state index in [1.807, 2.05) is 32.6 Å². The lowest BCUT2D eigenvalue weighted by molar-refractivity contribution is -0.137. The number of nitrogens with one attached hydrogen (secondary N) is 1. The molecule has 120 valence electrons. The average Bonchev–Trinajstić information content (AvgIpc) is 2.43. The zero-order chi connectivity index (χ0) is 16.5. The predicted octanol–water partition coefficient (Wildman–Crippen LogP) is 1.87. The first-order chi connectivity index (χ1) is 9.80. The maximum atomic E-state index is 12.2. The topological polar surface area (TPSA) is 69.6 Å². The first kappa shape index (κ1) is 19.5. The summed E-state index contributed by atoms with van der Waals surface area (Å²) in [7, 11) is 0. The van der Waals surface area contributed by atoms with E-state index in [-0.39, 0.29) is 24.9 Å². The van der Waals surface area contributed by atoms with E-state index in [9.17, 15) is 9.59 Å². The number of carbonyl (C=O) groups is 2. The van der Waals surface area contributed by atoms with E-state index in [2.05, 4.69) is 11.2 Å². The van der Waals surface area contributed by atoms with Crippen LogP contribution in [0.3, 0.4) is 0 Å². The van der Waals surface area contributed by atoms with Crippen LogP contribution in [0.1, 0.15) is 53.4 Å². The van der Waals surface area contributed by atoms with Crippen LogP contribution in [0.2, 0.25) is 0 Å². The van der Waals surface area contributed by atoms with Gasteiger partial charge < -0.3 is 10.4 Å². The van der Waals surface area contributed by atoms with Gasteiger partial charge in [0.05, 0.1) is 6.54 Å². The molecule has 0 saturated heterocycles. The molecule has 5 heteroatoms. The van der Waals surface area contributed by atoms with Crippen molar-refractivity contribution < 1.29 is 14.7 Å². The van der Waals surface area contributed by atoms with Crippen LogP contribution in [0.25, 0.3) is 0 Å². The lowest BCUT2D eigenvalue weighted by Crippen LogP contribution is -2.51. The highest BCUT2D eigenvalue weighted by Gasteiger charge is 2.26. The minimum absolute atomic E-state index is 0.110. The van der Waals surface area contributed by atoms with Crippen molar-refractivity contribution >= 4 is 11.9 Å². The van der Waals surface area contributed by atoms with Crippen molar-refractivity contribution in [1.29, 1.82) is 0 Å². The Morgan fingerprint density at radius 2 is 1.90 bits per heavy atom. The van der Waals surface area contributed by atoms with Gasteiger partial charge in [0, 0.05) is 12.5 Å². The van der Waals surface area contributed by atoms with Gasteiger partial charge in [0.15, 0.2) is 0 Å². The van der Waals surface area contributed by atoms with Crippen LogP contribution < -0.4 is 5.32 Å². The molecular weight excluding hydrogens is 268 g/mol. The third-order valence-electron chi connectivity index (χ3n) is 3.78. The minimum Gasteiger partial charge on any atom is -0.481 e. The Morgan fingerprint density at radius 1 is 1.33 bits per heavy atom. The number of hydrogen-bond donors (Lipinski definition) is 2. The van der Waals surface area contributed by atoms with Gasteiger partial charge in [-0.05, 0) is 39.7 Å². The zero-order valence-corrected chi connectivity index (χ0v) is 13.6. The van der Waals surface area contributed by atoms with Crippen LogP contribution in [0, 0.1) is 12.3 Å². The Morgan fingerprint density at radius 3 is 2.29 bits per heavy atom. The summed E-state index contributed by atoms with van der Waals surface area (Å²) in [6.07, 6.45) is 7.56. The van der Waals surface area contributed by atoms with Crippen LogP contribution in [0.5, 0.6) is 0 Å². The second-order valence-electron chi connectivity index (χ2n) is 5.54. The van der Waals surface area contributed by atoms with E-state index >= 15 is 0 Å². The van der Waals surface area contributed by atoms with Crippen LogP contribution in [0.15, 0.2) is 0 Å². The predicted molar refractivity (Wildman–Crippen MR) is 83.9 cm³/mol. The normalized spacial score (nSPS) is 11.5. The number of hydrogen-bond acceptors (Lipinski definition) is 3. The summed E-state index contributed by atoms with van der Waals surface area (Å²) in [6, 6.07) is 0.174. The van der Waals surface area contributed by atoms with Gasteiger partial charge in [-0.15, -0.1) is 6.42 Å². The van der Waals surface area contributed by atoms with E-state index in [0.29, 0.717) is 25.8 Å². The maximum Gasteiger partial charge on any atom is 0.303 e. The van der Waals surface area contributed by atoms with Crippen LogP contribution in [-0.4, -0.2) is 46.6 Å². The summed E-state index contributed by atoms with van der Waals surface area (Å²) in [6.45, 7) is 8.71. The molecule has 0 aliphatic rings. The molecule has 0 aliphatic heterocycles. The molecule has 0 aromatic heterocycles. The Labute approximate surface area is 128 Å². The first-order valence-corrected chi connectivity index (χ1v) is 7.54. The number of rotatable bonds is 10. The summed E-state index contributed by atoms with van der Waals surface area (Å²) in [5.74, 6) is 1.75. The lowest BCUT2D eigenvalue weighted by atomic mass is 9.94. The SMILES string of the molecule is C#CC(CC)(CC)NC(=O)CN(CCCC(=O)O)C(C)C. The molecule has 1 amide bonds. The number of amides is 1. The molecule has 0 aromatic carbocycles. The molecule has 0 rings (SSSR count). The molecule has 0 spiro atoms. The molecule has 0 aromatic rings. The van der Waals surface area contributed by atoms with Crippen molar-refractivity contribution in [3.63, 3.8) is 0 Å². The third kappa shape index (κ3) is 7.14. The lowest BCUT2D eigenvalue weighted by Gasteiger charge is -2.30. The van der Waals surface area contributed by atoms with Crippen LogP contribution >= 0.6 is 0 Å². The van der Waals surface area contributed by atoms with Gasteiger partial charge in [-0.3, -0.25) is 14.5 Å². The Balaban J connectivity index is 4.54. The third-order valence-corrected chi connectivity index (χ3v) is 3.78. The van der Waals surface area contributed by atoms with Crippen molar-refractivity contribution in [2.45, 2.75) is 65.0 Å². The van der Waals surface area contributed by atoms with Gasteiger partial charge in [0.2, 0.25) is 5.91 Å². The maximum absolute atomic E-state index is 12.2. The summed E-state index contributed by atoms with van der Waals surface area (Å²) >= 11 is 0. The summed E-state index contributed by atoms with van der Waals surface area (Å²) in [5.41, 5.74) is -0.583. The van der Waals surface area contributed by atoms with Gasteiger partial charge in [-0.1, -0.05) is 19.8 Å². The van der Waals surface area contributed by atoms with Crippen molar-refractivity contribution in [2.75, 3.05) is 13.1 Å². The zero-order valence-electron chi connectivity index (χ0n) is 13.6. The Kier molecular flexibility index (Phi) is 8.72. The highest BCUT2D eigenvalue weighted by atomic mass is 16.4. The molecule has 21 heavy (non-hydrogen) atoms. The molecule has 2 N–H and O–H groups in total. The highest BCUT2D eigenvalue weighted by Crippen LogP contribution is 2.13. The summed E-state index contributed by atoms with van der Waals surface area (Å²) in [5, 5.41) is 11.6. The van der Waals surface area contributed by atoms with E-state index < -0.39 is 11.5 Å². The largest absolute Gasteiger partial charge is 0.481 e. The fourth-order valence-corrected chi connectivity index (χ4v) is 2.11. The van der Waals surface area contributed by atoms with Crippen LogP contribution in [0.4, 0.5) is 0 Å². The van der Waals surface area contributed by atoms with E-state index in [0.717, 1.165) is 0 Å². The number of carboxylic acids is 1. The highest BCUT2D eigenvalue weighted by molar-refractivity contribution is 5.79. The molecule has 0 aliphatic carbocycles. The monoisotopic (exact) mass is 296 g/mol. The second kappa shape index (κ2) is 9.41. The molecule has 0 unspecified atom stereocenters. The number of aliphatic carboxylic acids is 1. The van der Waals surface area contributed by atoms with Crippen molar-refractivity contribution in [3.05, 3.63) is 0 Å². The smallest absolute Gasteiger partial charge is 0.303 e. The number of carboxylic acid groups (broad SMARTS) is 1. The molecular formula is C16H28N2O3. The molecule has 0 heterocycles. The fraction of sp³-hybridized carbons (Fsp3) is 0.750. The van der Waals surface area contributed by atoms with Crippen molar-refractivity contribution in [3.8, 4) is 12.3 Å². The average molecular weight is 296 g/mol. The van der Waals surface area contributed by atoms with Gasteiger partial charge >= 0.3 is 5.97 Å². The van der Waals surface area contributed by atoms with Gasteiger partial charge in [0.1, 0.15) is 5.54 Å². The van der Waals surface area contributed by atoms with E-state index in [4.69, 9.17) is 11.5 Å². The Hall–Kier alpha value is -1.54. The first-order valence-electron chi connectivity index (χ1n) is 7.54. The number of terminal acetylenes is 1. The second-order valence-corrected chi connectivity index (χ2v) is 5.54. The molecule has 0 atom stereocenters. The van der Waals surface area contributed by atoms with E-state index in [1.165, 1.54) is 0 Å². The van der Waals surface area contributed by atoms with Gasteiger partial charge in [-0.25, -0.2) is 0 Å².